The number of benzene rings is 1. The SMILES string of the molecule is COC(=O)c1csc(C(C)/C=C\C(=C/C=N)C(=O)c2c[nH]c3ccccc23)n1. The van der Waals surface area contributed by atoms with Crippen LogP contribution in [-0.4, -0.2) is 35.0 Å². The summed E-state index contributed by atoms with van der Waals surface area (Å²) in [5.74, 6) is -0.746. The van der Waals surface area contributed by atoms with Crippen LogP contribution >= 0.6 is 11.3 Å². The van der Waals surface area contributed by atoms with E-state index in [1.54, 1.807) is 17.7 Å². The number of ether oxygens (including phenoxy) is 1. The van der Waals surface area contributed by atoms with Gasteiger partial charge in [-0.05, 0) is 12.1 Å². The number of rotatable bonds is 7. The van der Waals surface area contributed by atoms with E-state index in [9.17, 15) is 9.59 Å². The van der Waals surface area contributed by atoms with Gasteiger partial charge in [-0.3, -0.25) is 4.79 Å². The molecule has 2 N–H and O–H groups in total. The molecule has 0 bridgehead atoms. The number of nitrogens with one attached hydrogen (secondary N) is 2. The average Bonchev–Trinajstić information content (AvgIpc) is 3.37. The number of nitrogens with zero attached hydrogens (tertiary/aromatic N) is 1. The molecule has 0 aliphatic heterocycles. The van der Waals surface area contributed by atoms with Crippen LogP contribution < -0.4 is 0 Å². The summed E-state index contributed by atoms with van der Waals surface area (Å²) in [7, 11) is 1.31. The van der Waals surface area contributed by atoms with E-state index in [1.165, 1.54) is 24.5 Å². The fraction of sp³-hybridized carbons (Fsp3) is 0.143. The Labute approximate surface area is 166 Å². The number of ketones is 1. The number of Topliss-reactive ketones (excluding diaryl/α,β-unsaturated/α-hetero) is 1. The zero-order valence-corrected chi connectivity index (χ0v) is 16.2. The van der Waals surface area contributed by atoms with Gasteiger partial charge in [-0.2, -0.15) is 0 Å². The van der Waals surface area contributed by atoms with Gasteiger partial charge in [0.15, 0.2) is 11.5 Å². The number of esters is 1. The van der Waals surface area contributed by atoms with E-state index < -0.39 is 5.97 Å². The number of H-pyrrole nitrogens is 1. The van der Waals surface area contributed by atoms with Crippen molar-refractivity contribution in [2.45, 2.75) is 12.8 Å². The van der Waals surface area contributed by atoms with Gasteiger partial charge in [-0.15, -0.1) is 11.3 Å². The second kappa shape index (κ2) is 8.58. The Morgan fingerprint density at radius 1 is 1.32 bits per heavy atom. The second-order valence-corrected chi connectivity index (χ2v) is 6.97. The zero-order valence-electron chi connectivity index (χ0n) is 15.4. The molecule has 0 radical (unpaired) electrons. The smallest absolute Gasteiger partial charge is 0.357 e. The maximum absolute atomic E-state index is 13.0. The molecule has 0 amide bonds. The Hall–Kier alpha value is -3.32. The molecule has 0 fully saturated rings. The summed E-state index contributed by atoms with van der Waals surface area (Å²) in [6, 6.07) is 7.58. The average molecular weight is 393 g/mol. The van der Waals surface area contributed by atoms with Gasteiger partial charge in [-0.25, -0.2) is 9.78 Å². The Morgan fingerprint density at radius 3 is 2.86 bits per heavy atom. The minimum absolute atomic E-state index is 0.103. The molecule has 2 heterocycles. The van der Waals surface area contributed by atoms with Crippen LogP contribution in [0.4, 0.5) is 0 Å². The molecular weight excluding hydrogens is 374 g/mol. The van der Waals surface area contributed by atoms with Crippen molar-refractivity contribution in [1.82, 2.24) is 9.97 Å². The number of fused-ring (bicyclic) bond motifs is 1. The highest BCUT2D eigenvalue weighted by Gasteiger charge is 2.16. The first-order chi connectivity index (χ1) is 13.5. The summed E-state index contributed by atoms with van der Waals surface area (Å²) in [4.78, 5) is 31.9. The predicted octanol–water partition coefficient (Wildman–Crippen LogP) is 4.53. The summed E-state index contributed by atoms with van der Waals surface area (Å²) in [5, 5.41) is 10.6. The van der Waals surface area contributed by atoms with Crippen LogP contribution in [-0.2, 0) is 4.74 Å². The molecule has 0 spiro atoms. The summed E-state index contributed by atoms with van der Waals surface area (Å²) < 4.78 is 4.67. The highest BCUT2D eigenvalue weighted by atomic mass is 32.1. The van der Waals surface area contributed by atoms with E-state index in [0.717, 1.165) is 22.1 Å². The molecule has 1 unspecified atom stereocenters. The first-order valence-electron chi connectivity index (χ1n) is 8.58. The van der Waals surface area contributed by atoms with Gasteiger partial charge < -0.3 is 15.1 Å². The van der Waals surface area contributed by atoms with Crippen molar-refractivity contribution < 1.29 is 14.3 Å². The van der Waals surface area contributed by atoms with Gasteiger partial charge in [0.1, 0.15) is 5.01 Å². The summed E-state index contributed by atoms with van der Waals surface area (Å²) in [6.45, 7) is 1.93. The molecule has 28 heavy (non-hydrogen) atoms. The van der Waals surface area contributed by atoms with Crippen molar-refractivity contribution in [1.29, 1.82) is 5.41 Å². The van der Waals surface area contributed by atoms with Crippen molar-refractivity contribution >= 4 is 40.2 Å². The Bertz CT molecular complexity index is 1090. The summed E-state index contributed by atoms with van der Waals surface area (Å²) >= 11 is 1.36. The van der Waals surface area contributed by atoms with Crippen molar-refractivity contribution in [3.8, 4) is 0 Å². The van der Waals surface area contributed by atoms with Gasteiger partial charge in [0.2, 0.25) is 0 Å². The van der Waals surface area contributed by atoms with Crippen LogP contribution in [0.15, 0.2) is 59.6 Å². The van der Waals surface area contributed by atoms with Crippen molar-refractivity contribution in [2.24, 2.45) is 0 Å². The number of hydrogen-bond donors (Lipinski definition) is 2. The molecule has 0 aliphatic rings. The largest absolute Gasteiger partial charge is 0.464 e. The monoisotopic (exact) mass is 393 g/mol. The third-order valence-electron chi connectivity index (χ3n) is 4.23. The van der Waals surface area contributed by atoms with Gasteiger partial charge >= 0.3 is 5.97 Å². The molecule has 0 aliphatic carbocycles. The third kappa shape index (κ3) is 3.99. The third-order valence-corrected chi connectivity index (χ3v) is 5.28. The number of para-hydroxylation sites is 1. The number of methoxy groups -OCH3 is 1. The van der Waals surface area contributed by atoms with Crippen LogP contribution in [0.1, 0.15) is 38.7 Å². The molecule has 0 saturated heterocycles. The maximum Gasteiger partial charge on any atom is 0.357 e. The number of hydrogen-bond acceptors (Lipinski definition) is 6. The summed E-state index contributed by atoms with van der Waals surface area (Å²) in [5.41, 5.74) is 2.11. The number of allylic oxidation sites excluding steroid dienone is 4. The molecule has 7 heteroatoms. The van der Waals surface area contributed by atoms with Crippen molar-refractivity contribution in [3.05, 3.63) is 75.9 Å². The van der Waals surface area contributed by atoms with Gasteiger partial charge in [0.05, 0.1) is 7.11 Å². The molecular formula is C21H19N3O3S. The van der Waals surface area contributed by atoms with E-state index in [0.29, 0.717) is 11.1 Å². The molecule has 1 atom stereocenters. The predicted molar refractivity (Wildman–Crippen MR) is 111 cm³/mol. The number of carbonyl (C=O) groups is 2. The van der Waals surface area contributed by atoms with Crippen LogP contribution in [0.2, 0.25) is 0 Å². The lowest BCUT2D eigenvalue weighted by molar-refractivity contribution is 0.0594. The Morgan fingerprint density at radius 2 is 2.11 bits per heavy atom. The maximum atomic E-state index is 13.0. The van der Waals surface area contributed by atoms with Crippen LogP contribution in [0.25, 0.3) is 10.9 Å². The zero-order chi connectivity index (χ0) is 20.1. The fourth-order valence-electron chi connectivity index (χ4n) is 2.74. The van der Waals surface area contributed by atoms with E-state index in [2.05, 4.69) is 14.7 Å². The summed E-state index contributed by atoms with van der Waals surface area (Å²) in [6.07, 6.45) is 7.78. The molecule has 3 aromatic rings. The minimum Gasteiger partial charge on any atom is -0.464 e. The lowest BCUT2D eigenvalue weighted by atomic mass is 10.0. The van der Waals surface area contributed by atoms with Gasteiger partial charge in [0.25, 0.3) is 0 Å². The number of aromatic amines is 1. The quantitative estimate of drug-likeness (QED) is 0.203. The lowest BCUT2D eigenvalue weighted by Gasteiger charge is -2.04. The first-order valence-corrected chi connectivity index (χ1v) is 9.46. The highest BCUT2D eigenvalue weighted by Crippen LogP contribution is 2.24. The highest BCUT2D eigenvalue weighted by molar-refractivity contribution is 7.09. The van der Waals surface area contributed by atoms with E-state index in [-0.39, 0.29) is 17.4 Å². The van der Waals surface area contributed by atoms with E-state index in [1.807, 2.05) is 37.3 Å². The Balaban J connectivity index is 1.83. The fourth-order valence-corrected chi connectivity index (χ4v) is 3.56. The minimum atomic E-state index is -0.474. The van der Waals surface area contributed by atoms with Crippen molar-refractivity contribution in [3.63, 3.8) is 0 Å². The second-order valence-electron chi connectivity index (χ2n) is 6.08. The number of carbonyl (C=O) groups excluding carboxylic acids is 2. The van der Waals surface area contributed by atoms with Gasteiger partial charge in [0, 0.05) is 45.7 Å². The van der Waals surface area contributed by atoms with E-state index >= 15 is 0 Å². The molecule has 3 rings (SSSR count). The van der Waals surface area contributed by atoms with Crippen LogP contribution in [0.3, 0.4) is 0 Å². The molecule has 6 nitrogen and oxygen atoms in total. The van der Waals surface area contributed by atoms with Gasteiger partial charge in [-0.1, -0.05) is 37.3 Å². The first kappa shape index (κ1) is 19.4. The molecule has 142 valence electrons. The lowest BCUT2D eigenvalue weighted by Crippen LogP contribution is -2.03. The van der Waals surface area contributed by atoms with Crippen LogP contribution in [0, 0.1) is 5.41 Å². The standard InChI is InChI=1S/C21H19N3O3S/c1-13(20-24-18(12-28-20)21(26)27-2)7-8-14(9-10-22)19(25)16-11-23-17-6-4-3-5-15(16)17/h3-13,22-23H,1-2H3/b8-7-,14-9+,22-10?. The normalized spacial score (nSPS) is 13.0. The molecule has 0 saturated carbocycles. The Kier molecular flexibility index (Phi) is 5.96. The topological polar surface area (TPSA) is 95.9 Å². The number of aromatic nitrogens is 2. The van der Waals surface area contributed by atoms with Crippen LogP contribution in [0.5, 0.6) is 0 Å². The van der Waals surface area contributed by atoms with Crippen molar-refractivity contribution in [2.75, 3.05) is 7.11 Å². The molecule has 1 aromatic carbocycles. The molecule has 2 aromatic heterocycles. The number of thiazole rings is 1. The van der Waals surface area contributed by atoms with E-state index in [4.69, 9.17) is 5.41 Å².